The fraction of sp³-hybridized carbons (Fsp3) is 0.300. The van der Waals surface area contributed by atoms with Crippen molar-refractivity contribution in [3.63, 3.8) is 0 Å². The van der Waals surface area contributed by atoms with Crippen LogP contribution in [0.15, 0.2) is 36.7 Å². The van der Waals surface area contributed by atoms with Gasteiger partial charge < -0.3 is 15.4 Å². The van der Waals surface area contributed by atoms with E-state index in [0.717, 1.165) is 5.56 Å². The van der Waals surface area contributed by atoms with Crippen molar-refractivity contribution in [1.82, 2.24) is 19.7 Å². The van der Waals surface area contributed by atoms with Crippen molar-refractivity contribution in [2.24, 2.45) is 12.8 Å². The van der Waals surface area contributed by atoms with Gasteiger partial charge in [-0.3, -0.25) is 9.48 Å². The van der Waals surface area contributed by atoms with Crippen molar-refractivity contribution in [2.45, 2.75) is 6.54 Å². The molecule has 1 aliphatic rings. The molecule has 0 atom stereocenters. The molecule has 9 heteroatoms. The zero-order chi connectivity index (χ0) is 20.4. The highest BCUT2D eigenvalue weighted by Crippen LogP contribution is 2.25. The van der Waals surface area contributed by atoms with Gasteiger partial charge >= 0.3 is 0 Å². The molecule has 1 saturated heterocycles. The molecule has 0 radical (unpaired) electrons. The Morgan fingerprint density at radius 2 is 1.93 bits per heavy atom. The molecule has 3 aromatic rings. The van der Waals surface area contributed by atoms with Crippen molar-refractivity contribution in [2.75, 3.05) is 31.2 Å². The lowest BCUT2D eigenvalue weighted by molar-refractivity contribution is 0.103. The van der Waals surface area contributed by atoms with Crippen LogP contribution in [-0.2, 0) is 18.3 Å². The smallest absolute Gasteiger partial charge is 0.211 e. The summed E-state index contributed by atoms with van der Waals surface area (Å²) in [4.78, 5) is 23.9. The van der Waals surface area contributed by atoms with Crippen LogP contribution in [0, 0.1) is 5.82 Å². The van der Waals surface area contributed by atoms with Crippen LogP contribution in [0.2, 0.25) is 0 Å². The van der Waals surface area contributed by atoms with Gasteiger partial charge in [-0.25, -0.2) is 14.4 Å². The Bertz CT molecular complexity index is 1030. The van der Waals surface area contributed by atoms with E-state index in [1.165, 1.54) is 22.9 Å². The molecule has 2 aromatic heterocycles. The molecule has 2 N–H and O–H groups in total. The second-order valence-corrected chi connectivity index (χ2v) is 6.75. The number of halogens is 1. The number of benzene rings is 1. The zero-order valence-corrected chi connectivity index (χ0v) is 16.0. The number of carbonyl (C=O) groups is 1. The van der Waals surface area contributed by atoms with Crippen molar-refractivity contribution < 1.29 is 13.9 Å². The van der Waals surface area contributed by atoms with Crippen LogP contribution in [0.5, 0.6) is 0 Å². The zero-order valence-electron chi connectivity index (χ0n) is 16.0. The SMILES string of the molecule is Cn1nc(N2CCOCC2)cc1C(=O)c1cc(F)ccc1-c1ncc(CN)cn1. The fourth-order valence-corrected chi connectivity index (χ4v) is 3.25. The Labute approximate surface area is 167 Å². The van der Waals surface area contributed by atoms with Gasteiger partial charge in [0.1, 0.15) is 11.5 Å². The quantitative estimate of drug-likeness (QED) is 0.653. The highest BCUT2D eigenvalue weighted by atomic mass is 19.1. The molecule has 150 valence electrons. The maximum Gasteiger partial charge on any atom is 0.211 e. The van der Waals surface area contributed by atoms with E-state index < -0.39 is 5.82 Å². The molecule has 1 aliphatic heterocycles. The van der Waals surface area contributed by atoms with Gasteiger partial charge in [0.25, 0.3) is 0 Å². The maximum absolute atomic E-state index is 14.0. The predicted octanol–water partition coefficient (Wildman–Crippen LogP) is 1.54. The number of nitrogens with zero attached hydrogens (tertiary/aromatic N) is 5. The van der Waals surface area contributed by atoms with E-state index in [4.69, 9.17) is 10.5 Å². The first-order chi connectivity index (χ1) is 14.1. The molecule has 8 nitrogen and oxygen atoms in total. The molecule has 0 amide bonds. The molecule has 3 heterocycles. The van der Waals surface area contributed by atoms with Crippen LogP contribution in [-0.4, -0.2) is 51.8 Å². The Morgan fingerprint density at radius 1 is 1.21 bits per heavy atom. The first-order valence-corrected chi connectivity index (χ1v) is 9.29. The maximum atomic E-state index is 14.0. The molecular weight excluding hydrogens is 375 g/mol. The summed E-state index contributed by atoms with van der Waals surface area (Å²) in [7, 11) is 1.70. The Hall–Kier alpha value is -3.17. The van der Waals surface area contributed by atoms with E-state index in [2.05, 4.69) is 20.0 Å². The number of aromatic nitrogens is 4. The van der Waals surface area contributed by atoms with E-state index in [0.29, 0.717) is 55.7 Å². The standard InChI is InChI=1S/C20H21FN6O2/c1-26-17(9-18(25-26)27-4-6-29-7-5-27)19(28)16-8-14(21)2-3-15(16)20-23-11-13(10-22)12-24-20/h2-3,8-9,11-12H,4-7,10,22H2,1H3. The Kier molecular flexibility index (Phi) is 5.32. The van der Waals surface area contributed by atoms with Crippen molar-refractivity contribution >= 4 is 11.6 Å². The van der Waals surface area contributed by atoms with Crippen molar-refractivity contribution in [1.29, 1.82) is 0 Å². The molecule has 1 aromatic carbocycles. The number of morpholine rings is 1. The third kappa shape index (κ3) is 3.87. The average molecular weight is 396 g/mol. The van der Waals surface area contributed by atoms with Gasteiger partial charge in [-0.05, 0) is 18.2 Å². The van der Waals surface area contributed by atoms with Crippen molar-refractivity contribution in [3.8, 4) is 11.4 Å². The van der Waals surface area contributed by atoms with Gasteiger partial charge in [0.15, 0.2) is 11.6 Å². The highest BCUT2D eigenvalue weighted by Gasteiger charge is 2.23. The molecule has 0 aliphatic carbocycles. The van der Waals surface area contributed by atoms with Crippen LogP contribution in [0.25, 0.3) is 11.4 Å². The number of ketones is 1. The average Bonchev–Trinajstić information content (AvgIpc) is 3.15. The number of rotatable bonds is 5. The minimum atomic E-state index is -0.508. The lowest BCUT2D eigenvalue weighted by Gasteiger charge is -2.26. The fourth-order valence-electron chi connectivity index (χ4n) is 3.25. The van der Waals surface area contributed by atoms with Gasteiger partial charge in [0.2, 0.25) is 5.78 Å². The molecule has 0 bridgehead atoms. The molecule has 29 heavy (non-hydrogen) atoms. The second-order valence-electron chi connectivity index (χ2n) is 6.75. The van der Waals surface area contributed by atoms with E-state index in [1.807, 2.05) is 0 Å². The summed E-state index contributed by atoms with van der Waals surface area (Å²) in [5.41, 5.74) is 7.35. The summed E-state index contributed by atoms with van der Waals surface area (Å²) in [6.07, 6.45) is 3.20. The van der Waals surface area contributed by atoms with Crippen LogP contribution < -0.4 is 10.6 Å². The van der Waals surface area contributed by atoms with Gasteiger partial charge in [-0.15, -0.1) is 0 Å². The number of aryl methyl sites for hydroxylation is 1. The monoisotopic (exact) mass is 396 g/mol. The van der Waals surface area contributed by atoms with E-state index >= 15 is 0 Å². The number of nitrogens with two attached hydrogens (primary N) is 1. The van der Waals surface area contributed by atoms with Crippen LogP contribution >= 0.6 is 0 Å². The minimum Gasteiger partial charge on any atom is -0.378 e. The summed E-state index contributed by atoms with van der Waals surface area (Å²) in [6, 6.07) is 5.73. The first-order valence-electron chi connectivity index (χ1n) is 9.29. The molecule has 1 fully saturated rings. The number of carbonyl (C=O) groups excluding carboxylic acids is 1. The lowest BCUT2D eigenvalue weighted by atomic mass is 10.0. The van der Waals surface area contributed by atoms with Gasteiger partial charge in [0, 0.05) is 61.8 Å². The van der Waals surface area contributed by atoms with Crippen LogP contribution in [0.3, 0.4) is 0 Å². The molecule has 0 spiro atoms. The third-order valence-electron chi connectivity index (χ3n) is 4.84. The largest absolute Gasteiger partial charge is 0.378 e. The summed E-state index contributed by atoms with van der Waals surface area (Å²) in [5.74, 6) is 0.175. The molecule has 0 unspecified atom stereocenters. The van der Waals surface area contributed by atoms with Crippen molar-refractivity contribution in [3.05, 3.63) is 59.3 Å². The van der Waals surface area contributed by atoms with E-state index in [1.54, 1.807) is 25.5 Å². The molecule has 0 saturated carbocycles. The first kappa shape index (κ1) is 19.2. The van der Waals surface area contributed by atoms with E-state index in [9.17, 15) is 9.18 Å². The summed E-state index contributed by atoms with van der Waals surface area (Å²) >= 11 is 0. The van der Waals surface area contributed by atoms with Gasteiger partial charge in [-0.1, -0.05) is 0 Å². The summed E-state index contributed by atoms with van der Waals surface area (Å²) < 4.78 is 20.9. The normalized spacial score (nSPS) is 14.2. The third-order valence-corrected chi connectivity index (χ3v) is 4.84. The van der Waals surface area contributed by atoms with Crippen LogP contribution in [0.1, 0.15) is 21.6 Å². The minimum absolute atomic E-state index is 0.182. The van der Waals surface area contributed by atoms with Gasteiger partial charge in [-0.2, -0.15) is 5.10 Å². The lowest BCUT2D eigenvalue weighted by Crippen LogP contribution is -2.36. The summed E-state index contributed by atoms with van der Waals surface area (Å²) in [6.45, 7) is 2.96. The van der Waals surface area contributed by atoms with E-state index in [-0.39, 0.29) is 11.3 Å². The number of anilines is 1. The number of hydrogen-bond acceptors (Lipinski definition) is 7. The summed E-state index contributed by atoms with van der Waals surface area (Å²) in [5, 5.41) is 4.46. The van der Waals surface area contributed by atoms with Gasteiger partial charge in [0.05, 0.1) is 13.2 Å². The molecular formula is C20H21FN6O2. The number of ether oxygens (including phenoxy) is 1. The predicted molar refractivity (Wildman–Crippen MR) is 105 cm³/mol. The van der Waals surface area contributed by atoms with Crippen LogP contribution in [0.4, 0.5) is 10.2 Å². The Balaban J connectivity index is 1.71. The number of hydrogen-bond donors (Lipinski definition) is 1. The second kappa shape index (κ2) is 8.06. The Morgan fingerprint density at radius 3 is 2.62 bits per heavy atom. The molecule has 4 rings (SSSR count). The highest BCUT2D eigenvalue weighted by molar-refractivity contribution is 6.11. The topological polar surface area (TPSA) is 99.2 Å².